The Morgan fingerprint density at radius 2 is 2.33 bits per heavy atom. The first kappa shape index (κ1) is 11.4. The smallest absolute Gasteiger partial charge is 0.377 e. The lowest BCUT2D eigenvalue weighted by atomic mass is 10.1. The minimum atomic E-state index is -0.463. The molecule has 78 valence electrons. The number of aromatic hydroxyl groups is 1. The number of rotatable bonds is 3. The Bertz CT molecular complexity index is 453. The third-order valence-corrected chi connectivity index (χ3v) is 2.55. The molecule has 0 saturated heterocycles. The zero-order valence-electron chi connectivity index (χ0n) is 7.82. The van der Waals surface area contributed by atoms with Crippen molar-refractivity contribution in [1.29, 1.82) is 5.53 Å². The second kappa shape index (κ2) is 4.72. The van der Waals surface area contributed by atoms with E-state index in [0.717, 1.165) is 6.21 Å². The summed E-state index contributed by atoms with van der Waals surface area (Å²) in [6.07, 6.45) is 0.853. The molecule has 0 bridgehead atoms. The van der Waals surface area contributed by atoms with Gasteiger partial charge in [-0.2, -0.15) is 0 Å². The number of ketones is 1. The summed E-state index contributed by atoms with van der Waals surface area (Å²) in [6.45, 7) is 0. The predicted molar refractivity (Wildman–Crippen MR) is 55.7 cm³/mol. The number of halogens is 1. The second-order valence-corrected chi connectivity index (χ2v) is 3.39. The van der Waals surface area contributed by atoms with Crippen LogP contribution in [0.25, 0.3) is 0 Å². The fraction of sp³-hybridized carbons (Fsp3) is 0.111. The van der Waals surface area contributed by atoms with Crippen molar-refractivity contribution in [2.45, 2.75) is 0 Å². The highest BCUT2D eigenvalue weighted by Gasteiger charge is 2.17. The van der Waals surface area contributed by atoms with Gasteiger partial charge in [-0.15, -0.1) is 0 Å². The van der Waals surface area contributed by atoms with Gasteiger partial charge < -0.3 is 9.84 Å². The number of carbonyl (C=O) groups excluding carboxylic acids is 1. The third kappa shape index (κ3) is 2.23. The van der Waals surface area contributed by atoms with E-state index in [2.05, 4.69) is 20.7 Å². The van der Waals surface area contributed by atoms with Crippen molar-refractivity contribution in [2.75, 3.05) is 7.11 Å². The van der Waals surface area contributed by atoms with Gasteiger partial charge in [0.25, 0.3) is 5.78 Å². The molecule has 0 aromatic heterocycles. The van der Waals surface area contributed by atoms with E-state index < -0.39 is 5.78 Å². The molecule has 0 heterocycles. The van der Waals surface area contributed by atoms with Crippen molar-refractivity contribution in [1.82, 2.24) is 0 Å². The average molecular weight is 272 g/mol. The predicted octanol–water partition coefficient (Wildman–Crippen LogP) is 1.66. The van der Waals surface area contributed by atoms with Crippen LogP contribution in [0.3, 0.4) is 0 Å². The van der Waals surface area contributed by atoms with Crippen molar-refractivity contribution >= 4 is 27.9 Å². The molecule has 0 radical (unpaired) electrons. The molecule has 0 aliphatic heterocycles. The van der Waals surface area contributed by atoms with Crippen molar-refractivity contribution in [3.8, 4) is 11.5 Å². The molecule has 0 atom stereocenters. The van der Waals surface area contributed by atoms with E-state index in [-0.39, 0.29) is 21.5 Å². The summed E-state index contributed by atoms with van der Waals surface area (Å²) in [7, 11) is 1.41. The van der Waals surface area contributed by atoms with E-state index in [1.807, 2.05) is 0 Å². The summed E-state index contributed by atoms with van der Waals surface area (Å²) in [5, 5.41) is 9.58. The molecule has 6 heteroatoms. The van der Waals surface area contributed by atoms with Gasteiger partial charge >= 0.3 is 6.21 Å². The fourth-order valence-electron chi connectivity index (χ4n) is 1.03. The number of carbonyl (C=O) groups is 1. The molecule has 0 unspecified atom stereocenters. The van der Waals surface area contributed by atoms with Gasteiger partial charge in [-0.25, -0.2) is 0 Å². The molecule has 15 heavy (non-hydrogen) atoms. The van der Waals surface area contributed by atoms with E-state index >= 15 is 0 Å². The quantitative estimate of drug-likeness (QED) is 0.380. The minimum absolute atomic E-state index is 0.151. The molecule has 0 fully saturated rings. The standard InChI is InChI=1S/C9H7BrN2O3/c1-15-7-3-2-5(6(13)4-12-11)8(10)9(7)14/h2-4,11H,1H3/p+1. The normalized spacial score (nSPS) is 9.20. The van der Waals surface area contributed by atoms with Crippen LogP contribution in [-0.2, 0) is 0 Å². The maximum atomic E-state index is 11.4. The van der Waals surface area contributed by atoms with Gasteiger partial charge in [0.2, 0.25) is 0 Å². The maximum Gasteiger partial charge on any atom is 0.377 e. The first-order valence-corrected chi connectivity index (χ1v) is 4.70. The highest BCUT2D eigenvalue weighted by atomic mass is 79.9. The topological polar surface area (TPSA) is 84.5 Å². The molecule has 5 nitrogen and oxygen atoms in total. The summed E-state index contributed by atoms with van der Waals surface area (Å²) < 4.78 is 5.09. The Labute approximate surface area is 94.0 Å². The van der Waals surface area contributed by atoms with Gasteiger partial charge in [-0.1, -0.05) is 0 Å². The number of hydrogen-bond acceptors (Lipinski definition) is 4. The minimum Gasteiger partial charge on any atom is -0.503 e. The fourth-order valence-corrected chi connectivity index (χ4v) is 1.55. The van der Waals surface area contributed by atoms with Crippen LogP contribution in [0, 0.1) is 5.53 Å². The Morgan fingerprint density at radius 3 is 2.87 bits per heavy atom. The van der Waals surface area contributed by atoms with Gasteiger partial charge in [-0.05, 0) is 28.1 Å². The van der Waals surface area contributed by atoms with E-state index in [1.165, 1.54) is 19.2 Å². The van der Waals surface area contributed by atoms with Gasteiger partial charge in [0.15, 0.2) is 11.5 Å². The summed E-state index contributed by atoms with van der Waals surface area (Å²) in [4.78, 5) is 14.2. The number of nitrogens with one attached hydrogen (secondary N) is 1. The number of phenolic OH excluding ortho intramolecular Hbond substituents is 1. The van der Waals surface area contributed by atoms with Crippen LogP contribution in [0.5, 0.6) is 11.5 Å². The number of methoxy groups -OCH3 is 1. The summed E-state index contributed by atoms with van der Waals surface area (Å²) in [5.41, 5.74) is 6.76. The first-order valence-electron chi connectivity index (χ1n) is 3.91. The van der Waals surface area contributed by atoms with Gasteiger partial charge in [0.05, 0.1) is 21.9 Å². The van der Waals surface area contributed by atoms with Gasteiger partial charge in [-0.3, -0.25) is 4.79 Å². The first-order chi connectivity index (χ1) is 7.11. The van der Waals surface area contributed by atoms with E-state index in [4.69, 9.17) is 10.3 Å². The Kier molecular flexibility index (Phi) is 3.60. The van der Waals surface area contributed by atoms with Crippen molar-refractivity contribution in [2.24, 2.45) is 0 Å². The van der Waals surface area contributed by atoms with Crippen LogP contribution >= 0.6 is 15.9 Å². The van der Waals surface area contributed by atoms with Crippen LogP contribution in [-0.4, -0.2) is 29.0 Å². The molecule has 1 rings (SSSR count). The maximum absolute atomic E-state index is 11.4. The van der Waals surface area contributed by atoms with Crippen LogP contribution in [0.15, 0.2) is 16.6 Å². The molecular weight excluding hydrogens is 264 g/mol. The molecular formula is C9H8BrN2O3+. The Morgan fingerprint density at radius 1 is 1.67 bits per heavy atom. The number of phenols is 1. The van der Waals surface area contributed by atoms with Crippen LogP contribution in [0.2, 0.25) is 0 Å². The van der Waals surface area contributed by atoms with Crippen molar-refractivity contribution in [3.63, 3.8) is 0 Å². The molecule has 1 aromatic rings. The Hall–Kier alpha value is -1.65. The summed E-state index contributed by atoms with van der Waals surface area (Å²) >= 11 is 3.07. The van der Waals surface area contributed by atoms with Crippen molar-refractivity contribution in [3.05, 3.63) is 22.2 Å². The molecule has 0 aliphatic carbocycles. The molecule has 0 aliphatic rings. The van der Waals surface area contributed by atoms with Gasteiger partial charge in [0, 0.05) is 5.56 Å². The lowest BCUT2D eigenvalue weighted by molar-refractivity contribution is -0.111. The Balaban J connectivity index is 3.29. The SMILES string of the molecule is COc1ccc(C(=O)C=[N+]=N)c(Br)c1O. The van der Waals surface area contributed by atoms with E-state index in [0.29, 0.717) is 0 Å². The van der Waals surface area contributed by atoms with Crippen molar-refractivity contribution < 1.29 is 19.4 Å². The molecule has 0 spiro atoms. The zero-order chi connectivity index (χ0) is 11.4. The third-order valence-electron chi connectivity index (χ3n) is 1.75. The number of benzene rings is 1. The number of Topliss-reactive ketones (excluding diaryl/α,β-unsaturated/α-hetero) is 1. The van der Waals surface area contributed by atoms with Crippen LogP contribution in [0.4, 0.5) is 0 Å². The van der Waals surface area contributed by atoms with E-state index in [9.17, 15) is 9.90 Å². The molecule has 0 amide bonds. The molecule has 1 aromatic carbocycles. The number of hydrogen-bond donors (Lipinski definition) is 2. The summed E-state index contributed by atoms with van der Waals surface area (Å²) in [5.74, 6) is -0.349. The molecule has 2 N–H and O–H groups in total. The number of nitrogens with zero attached hydrogens (tertiary/aromatic N) is 1. The van der Waals surface area contributed by atoms with E-state index in [1.54, 1.807) is 0 Å². The van der Waals surface area contributed by atoms with Gasteiger partial charge in [0.1, 0.15) is 0 Å². The largest absolute Gasteiger partial charge is 0.503 e. The highest BCUT2D eigenvalue weighted by Crippen LogP contribution is 2.36. The number of ether oxygens (including phenoxy) is 1. The molecule has 0 saturated carbocycles. The highest BCUT2D eigenvalue weighted by molar-refractivity contribution is 9.10. The van der Waals surface area contributed by atoms with Crippen LogP contribution in [0.1, 0.15) is 10.4 Å². The summed E-state index contributed by atoms with van der Waals surface area (Å²) in [6, 6.07) is 2.94. The monoisotopic (exact) mass is 271 g/mol. The van der Waals surface area contributed by atoms with Crippen LogP contribution < -0.4 is 4.74 Å². The average Bonchev–Trinajstić information content (AvgIpc) is 2.22. The lowest BCUT2D eigenvalue weighted by Gasteiger charge is -2.06. The second-order valence-electron chi connectivity index (χ2n) is 2.60. The lowest BCUT2D eigenvalue weighted by Crippen LogP contribution is -2.02. The zero-order valence-corrected chi connectivity index (χ0v) is 9.41.